The van der Waals surface area contributed by atoms with Crippen molar-refractivity contribution in [1.29, 1.82) is 5.26 Å². The molecule has 1 saturated carbocycles. The number of ether oxygens (including phenoxy) is 1. The minimum absolute atomic E-state index is 0.00363. The molecule has 3 rings (SSSR count). The molecule has 2 fully saturated rings. The molecule has 106 valence electrons. The first-order valence-electron chi connectivity index (χ1n) is 6.74. The van der Waals surface area contributed by atoms with E-state index in [0.29, 0.717) is 24.5 Å². The first-order chi connectivity index (χ1) is 9.60. The molecule has 1 N–H and O–H groups in total. The molecule has 0 amide bonds. The van der Waals surface area contributed by atoms with Crippen LogP contribution in [0.2, 0.25) is 0 Å². The van der Waals surface area contributed by atoms with Crippen molar-refractivity contribution in [3.63, 3.8) is 0 Å². The van der Waals surface area contributed by atoms with Gasteiger partial charge >= 0.3 is 0 Å². The molecule has 0 aromatic heterocycles. The lowest BCUT2D eigenvalue weighted by atomic mass is 10.1. The molecule has 1 aliphatic heterocycles. The highest BCUT2D eigenvalue weighted by Crippen LogP contribution is 2.39. The molecule has 1 aliphatic carbocycles. The predicted octanol–water partition coefficient (Wildman–Crippen LogP) is 1.40. The van der Waals surface area contributed by atoms with Crippen LogP contribution in [0.5, 0.6) is 0 Å². The fraction of sp³-hybridized carbons (Fsp3) is 0.500. The molecule has 6 heteroatoms. The number of nitrogens with zero attached hydrogens (tertiary/aromatic N) is 1. The topological polar surface area (TPSA) is 79.2 Å². The quantitative estimate of drug-likeness (QED) is 0.910. The molecule has 2 unspecified atom stereocenters. The minimum Gasteiger partial charge on any atom is -0.376 e. The lowest BCUT2D eigenvalue weighted by Gasteiger charge is -2.19. The van der Waals surface area contributed by atoms with Crippen LogP contribution < -0.4 is 4.72 Å². The molecule has 20 heavy (non-hydrogen) atoms. The van der Waals surface area contributed by atoms with Crippen LogP contribution in [-0.4, -0.2) is 27.2 Å². The zero-order valence-corrected chi connectivity index (χ0v) is 11.8. The fourth-order valence-corrected chi connectivity index (χ4v) is 3.95. The van der Waals surface area contributed by atoms with Crippen LogP contribution in [0, 0.1) is 17.2 Å². The summed E-state index contributed by atoms with van der Waals surface area (Å²) < 4.78 is 33.1. The van der Waals surface area contributed by atoms with Crippen LogP contribution in [0.15, 0.2) is 29.2 Å². The van der Waals surface area contributed by atoms with Crippen molar-refractivity contribution in [3.05, 3.63) is 29.8 Å². The van der Waals surface area contributed by atoms with E-state index in [9.17, 15) is 8.42 Å². The molecule has 1 aromatic carbocycles. The van der Waals surface area contributed by atoms with Crippen molar-refractivity contribution in [2.45, 2.75) is 36.3 Å². The van der Waals surface area contributed by atoms with Gasteiger partial charge in [0.2, 0.25) is 10.0 Å². The third kappa shape index (κ3) is 2.70. The molecule has 2 aliphatic rings. The molecule has 1 aromatic rings. The SMILES string of the molecule is N#Cc1cccc(S(=O)(=O)NC2CCOC2C2CC2)c1. The van der Waals surface area contributed by atoms with Crippen molar-refractivity contribution in [2.75, 3.05) is 6.61 Å². The molecule has 0 bridgehead atoms. The second-order valence-electron chi connectivity index (χ2n) is 5.33. The van der Waals surface area contributed by atoms with Gasteiger partial charge in [-0.05, 0) is 43.4 Å². The highest BCUT2D eigenvalue weighted by molar-refractivity contribution is 7.89. The maximum Gasteiger partial charge on any atom is 0.240 e. The summed E-state index contributed by atoms with van der Waals surface area (Å²) >= 11 is 0. The number of benzene rings is 1. The van der Waals surface area contributed by atoms with E-state index in [2.05, 4.69) is 4.72 Å². The van der Waals surface area contributed by atoms with E-state index in [1.54, 1.807) is 12.1 Å². The largest absolute Gasteiger partial charge is 0.376 e. The van der Waals surface area contributed by atoms with E-state index in [0.717, 1.165) is 12.8 Å². The predicted molar refractivity (Wildman–Crippen MR) is 72.3 cm³/mol. The number of nitriles is 1. The van der Waals surface area contributed by atoms with Crippen LogP contribution in [0.1, 0.15) is 24.8 Å². The summed E-state index contributed by atoms with van der Waals surface area (Å²) in [5, 5.41) is 8.85. The monoisotopic (exact) mass is 292 g/mol. The van der Waals surface area contributed by atoms with Gasteiger partial charge in [0.05, 0.1) is 28.7 Å². The maximum atomic E-state index is 12.4. The van der Waals surface area contributed by atoms with E-state index < -0.39 is 10.0 Å². The van der Waals surface area contributed by atoms with Gasteiger partial charge in [-0.1, -0.05) is 6.07 Å². The van der Waals surface area contributed by atoms with E-state index >= 15 is 0 Å². The third-order valence-corrected chi connectivity index (χ3v) is 5.29. The molecule has 1 saturated heterocycles. The Labute approximate surface area is 118 Å². The minimum atomic E-state index is -3.60. The summed E-state index contributed by atoms with van der Waals surface area (Å²) in [6, 6.07) is 7.86. The Bertz CT molecular complexity index is 647. The van der Waals surface area contributed by atoms with E-state index in [1.165, 1.54) is 12.1 Å². The number of nitrogens with one attached hydrogen (secondary N) is 1. The Morgan fingerprint density at radius 3 is 2.80 bits per heavy atom. The summed E-state index contributed by atoms with van der Waals surface area (Å²) in [6.45, 7) is 0.604. The standard InChI is InChI=1S/C14H16N2O3S/c15-9-10-2-1-3-12(8-10)20(17,18)16-13-6-7-19-14(13)11-4-5-11/h1-3,8,11,13-14,16H,4-7H2. The smallest absolute Gasteiger partial charge is 0.240 e. The van der Waals surface area contributed by atoms with Gasteiger partial charge in [0.1, 0.15) is 0 Å². The zero-order valence-electron chi connectivity index (χ0n) is 11.0. The first-order valence-corrected chi connectivity index (χ1v) is 8.22. The van der Waals surface area contributed by atoms with Gasteiger partial charge in [-0.15, -0.1) is 0 Å². The molecular weight excluding hydrogens is 276 g/mol. The van der Waals surface area contributed by atoms with Crippen molar-refractivity contribution >= 4 is 10.0 Å². The van der Waals surface area contributed by atoms with E-state index in [-0.39, 0.29) is 17.0 Å². The fourth-order valence-electron chi connectivity index (χ4n) is 2.63. The van der Waals surface area contributed by atoms with E-state index in [4.69, 9.17) is 10.00 Å². The van der Waals surface area contributed by atoms with Crippen LogP contribution in [0.4, 0.5) is 0 Å². The number of hydrogen-bond donors (Lipinski definition) is 1. The number of hydrogen-bond acceptors (Lipinski definition) is 4. The van der Waals surface area contributed by atoms with Gasteiger partial charge in [-0.2, -0.15) is 5.26 Å². The van der Waals surface area contributed by atoms with Gasteiger partial charge in [0, 0.05) is 6.61 Å². The van der Waals surface area contributed by atoms with Crippen molar-refractivity contribution < 1.29 is 13.2 Å². The molecule has 0 radical (unpaired) electrons. The van der Waals surface area contributed by atoms with Gasteiger partial charge in [0.15, 0.2) is 0 Å². The highest BCUT2D eigenvalue weighted by Gasteiger charge is 2.42. The molecule has 2 atom stereocenters. The van der Waals surface area contributed by atoms with Gasteiger partial charge in [-0.25, -0.2) is 13.1 Å². The summed E-state index contributed by atoms with van der Waals surface area (Å²) in [4.78, 5) is 0.137. The van der Waals surface area contributed by atoms with Crippen LogP contribution in [0.25, 0.3) is 0 Å². The van der Waals surface area contributed by atoms with Gasteiger partial charge in [-0.3, -0.25) is 0 Å². The van der Waals surface area contributed by atoms with Gasteiger partial charge < -0.3 is 4.74 Å². The summed E-state index contributed by atoms with van der Waals surface area (Å²) in [5.74, 6) is 0.496. The molecule has 1 heterocycles. The lowest BCUT2D eigenvalue weighted by molar-refractivity contribution is 0.0848. The first kappa shape index (κ1) is 13.6. The third-order valence-electron chi connectivity index (χ3n) is 3.80. The number of sulfonamides is 1. The van der Waals surface area contributed by atoms with Gasteiger partial charge in [0.25, 0.3) is 0 Å². The van der Waals surface area contributed by atoms with Crippen molar-refractivity contribution in [1.82, 2.24) is 4.72 Å². The van der Waals surface area contributed by atoms with Crippen LogP contribution >= 0.6 is 0 Å². The van der Waals surface area contributed by atoms with Crippen LogP contribution in [0.3, 0.4) is 0 Å². The normalized spacial score (nSPS) is 26.4. The highest BCUT2D eigenvalue weighted by atomic mass is 32.2. The Morgan fingerprint density at radius 1 is 1.30 bits per heavy atom. The molecular formula is C14H16N2O3S. The summed E-state index contributed by atoms with van der Waals surface area (Å²) in [7, 11) is -3.60. The zero-order chi connectivity index (χ0) is 14.2. The van der Waals surface area contributed by atoms with E-state index in [1.807, 2.05) is 6.07 Å². The Balaban J connectivity index is 1.79. The average Bonchev–Trinajstić information content (AvgIpc) is 3.19. The maximum absolute atomic E-state index is 12.4. The second kappa shape index (κ2) is 5.17. The summed E-state index contributed by atoms with van der Waals surface area (Å²) in [6.07, 6.45) is 2.95. The lowest BCUT2D eigenvalue weighted by Crippen LogP contribution is -2.41. The molecule has 0 spiro atoms. The average molecular weight is 292 g/mol. The van der Waals surface area contributed by atoms with Crippen LogP contribution in [-0.2, 0) is 14.8 Å². The van der Waals surface area contributed by atoms with Crippen molar-refractivity contribution in [3.8, 4) is 6.07 Å². The molecule has 5 nitrogen and oxygen atoms in total. The second-order valence-corrected chi connectivity index (χ2v) is 7.04. The summed E-state index contributed by atoms with van der Waals surface area (Å²) in [5.41, 5.74) is 0.342. The Hall–Kier alpha value is -1.42. The Kier molecular flexibility index (Phi) is 3.50. The Morgan fingerprint density at radius 2 is 2.10 bits per heavy atom. The van der Waals surface area contributed by atoms with Crippen molar-refractivity contribution in [2.24, 2.45) is 5.92 Å². The number of rotatable bonds is 4.